The Balaban J connectivity index is 1.06. The standard InChI is InChI=1S/C48H65N9O7/c1-7-8-9-10-15-40-57-35-19-17-29(33-25-49-43(51-33)37-14-12-21-56(37)46(59)42(28(4)5)54-48(62)63-6)22-31(35)23-38(57)32-18-16-30(24-39(32)64-40)34-26-50-44(52-34)36-13-11-20-55(36)45(58)41(27(2)3)53-47(60)61/h16-19,22-28,36-37,40-42,46-47,53,59-61H,7-15,20-21H2,1-6H3,(H,49,51)(H,50,52)(H,54,62). The fraction of sp³-hybridized carbons (Fsp3) is 0.542. The zero-order valence-electron chi connectivity index (χ0n) is 37.9. The molecule has 344 valence electrons. The molecule has 3 aliphatic heterocycles. The predicted octanol–water partition coefficient (Wildman–Crippen LogP) is 7.33. The zero-order valence-corrected chi connectivity index (χ0v) is 37.9. The van der Waals surface area contributed by atoms with Crippen LogP contribution in [-0.2, 0) is 9.53 Å². The quantitative estimate of drug-likeness (QED) is 0.0364. The third kappa shape index (κ3) is 9.16. The van der Waals surface area contributed by atoms with E-state index in [-0.39, 0.29) is 36.1 Å². The second-order valence-electron chi connectivity index (χ2n) is 18.3. The van der Waals surface area contributed by atoms with Crippen molar-refractivity contribution >= 4 is 22.9 Å². The number of fused-ring (bicyclic) bond motifs is 5. The Morgan fingerprint density at radius 2 is 1.56 bits per heavy atom. The predicted molar refractivity (Wildman–Crippen MR) is 243 cm³/mol. The van der Waals surface area contributed by atoms with Gasteiger partial charge in [0.1, 0.15) is 23.6 Å². The number of alkyl carbamates (subject to hydrolysis) is 1. The number of hydrogen-bond donors (Lipinski definition) is 7. The highest BCUT2D eigenvalue weighted by molar-refractivity contribution is 5.92. The number of aromatic amines is 2. The monoisotopic (exact) mass is 880 g/mol. The van der Waals surface area contributed by atoms with Gasteiger partial charge in [-0.2, -0.15) is 0 Å². The lowest BCUT2D eigenvalue weighted by atomic mass is 10.0. The smallest absolute Gasteiger partial charge is 0.407 e. The molecule has 0 saturated carbocycles. The van der Waals surface area contributed by atoms with Crippen molar-refractivity contribution in [3.8, 4) is 39.5 Å². The van der Waals surface area contributed by atoms with E-state index >= 15 is 0 Å². The summed E-state index contributed by atoms with van der Waals surface area (Å²) in [6.07, 6.45) is 8.88. The molecule has 16 nitrogen and oxygen atoms in total. The number of amides is 2. The second kappa shape index (κ2) is 19.5. The lowest BCUT2D eigenvalue weighted by molar-refractivity contribution is -0.141. The molecule has 8 rings (SSSR count). The summed E-state index contributed by atoms with van der Waals surface area (Å²) < 4.78 is 14.1. The fourth-order valence-electron chi connectivity index (χ4n) is 9.95. The van der Waals surface area contributed by atoms with E-state index in [2.05, 4.69) is 74.6 Å². The Kier molecular flexibility index (Phi) is 13.8. The maximum atomic E-state index is 13.6. The summed E-state index contributed by atoms with van der Waals surface area (Å²) in [4.78, 5) is 46.3. The summed E-state index contributed by atoms with van der Waals surface area (Å²) in [6, 6.07) is 13.4. The third-order valence-electron chi connectivity index (χ3n) is 13.3. The Morgan fingerprint density at radius 3 is 2.25 bits per heavy atom. The first-order chi connectivity index (χ1) is 30.9. The SMILES string of the molecule is CCCCCCC1Oc2cc(-c3cnc(C4CCCN4C(=O)C(NC(O)O)C(C)C)[nH]3)ccc2-c2cc3cc(-c4cnc(C5CCCN5C(O)C(NC(=O)OC)C(C)C)[nH]4)ccc3n21. The molecule has 0 aliphatic carbocycles. The van der Waals surface area contributed by atoms with Crippen molar-refractivity contribution in [1.29, 1.82) is 0 Å². The highest BCUT2D eigenvalue weighted by Crippen LogP contribution is 2.46. The number of methoxy groups -OCH3 is 1. The largest absolute Gasteiger partial charge is 0.469 e. The maximum absolute atomic E-state index is 13.6. The van der Waals surface area contributed by atoms with Crippen LogP contribution < -0.4 is 15.4 Å². The van der Waals surface area contributed by atoms with Crippen LogP contribution in [0.15, 0.2) is 54.9 Å². The van der Waals surface area contributed by atoms with Crippen molar-refractivity contribution in [3.63, 3.8) is 0 Å². The number of aromatic nitrogens is 5. The van der Waals surface area contributed by atoms with Gasteiger partial charge in [-0.1, -0.05) is 66.0 Å². The average molecular weight is 880 g/mol. The van der Waals surface area contributed by atoms with Crippen LogP contribution in [-0.4, -0.2) is 107 Å². The number of H-pyrrole nitrogens is 2. The van der Waals surface area contributed by atoms with E-state index in [9.17, 15) is 24.9 Å². The van der Waals surface area contributed by atoms with Gasteiger partial charge in [-0.15, -0.1) is 0 Å². The van der Waals surface area contributed by atoms with Crippen molar-refractivity contribution in [3.05, 3.63) is 66.5 Å². The number of nitrogens with one attached hydrogen (secondary N) is 4. The average Bonchev–Trinajstić information content (AvgIpc) is 4.13. The van der Waals surface area contributed by atoms with Crippen molar-refractivity contribution in [2.75, 3.05) is 20.2 Å². The molecule has 5 aromatic rings. The number of carbonyl (C=O) groups excluding carboxylic acids is 2. The molecule has 0 bridgehead atoms. The molecule has 16 heteroatoms. The third-order valence-corrected chi connectivity index (χ3v) is 13.3. The van der Waals surface area contributed by atoms with Crippen LogP contribution in [0.1, 0.15) is 122 Å². The van der Waals surface area contributed by atoms with Crippen molar-refractivity contribution in [2.45, 2.75) is 135 Å². The van der Waals surface area contributed by atoms with Crippen molar-refractivity contribution < 1.29 is 34.4 Å². The molecule has 0 spiro atoms. The van der Waals surface area contributed by atoms with Gasteiger partial charge in [-0.3, -0.25) is 15.0 Å². The molecule has 7 N–H and O–H groups in total. The van der Waals surface area contributed by atoms with Crippen LogP contribution in [0.5, 0.6) is 5.75 Å². The number of unbranched alkanes of at least 4 members (excludes halogenated alkanes) is 3. The minimum atomic E-state index is -1.79. The van der Waals surface area contributed by atoms with Gasteiger partial charge in [0.15, 0.2) is 6.23 Å². The highest BCUT2D eigenvalue weighted by atomic mass is 16.5. The van der Waals surface area contributed by atoms with Crippen LogP contribution >= 0.6 is 0 Å². The van der Waals surface area contributed by atoms with Crippen LogP contribution in [0.2, 0.25) is 0 Å². The number of rotatable bonds is 17. The summed E-state index contributed by atoms with van der Waals surface area (Å²) in [5, 5.41) is 37.2. The Hall–Kier alpha value is -5.26. The van der Waals surface area contributed by atoms with E-state index in [0.717, 1.165) is 108 Å². The van der Waals surface area contributed by atoms with Gasteiger partial charge >= 0.3 is 6.09 Å². The number of nitrogens with zero attached hydrogens (tertiary/aromatic N) is 5. The van der Waals surface area contributed by atoms with E-state index < -0.39 is 30.8 Å². The molecular weight excluding hydrogens is 815 g/mol. The van der Waals surface area contributed by atoms with E-state index in [0.29, 0.717) is 18.9 Å². The van der Waals surface area contributed by atoms with Gasteiger partial charge in [0.05, 0.1) is 66.3 Å². The molecule has 0 radical (unpaired) electrons. The van der Waals surface area contributed by atoms with Crippen molar-refractivity contribution in [1.82, 2.24) is 44.9 Å². The summed E-state index contributed by atoms with van der Waals surface area (Å²) in [6.45, 7) is 11.2. The molecule has 2 saturated heterocycles. The van der Waals surface area contributed by atoms with Gasteiger partial charge in [0.2, 0.25) is 12.3 Å². The van der Waals surface area contributed by atoms with Crippen LogP contribution in [0.4, 0.5) is 4.79 Å². The minimum Gasteiger partial charge on any atom is -0.469 e. The van der Waals surface area contributed by atoms with E-state index in [4.69, 9.17) is 19.4 Å². The van der Waals surface area contributed by atoms with Gasteiger partial charge in [-0.05, 0) is 74.3 Å². The fourth-order valence-corrected chi connectivity index (χ4v) is 9.95. The normalized spacial score (nSPS) is 20.2. The lowest BCUT2D eigenvalue weighted by Crippen LogP contribution is -2.54. The number of aliphatic hydroxyl groups is 3. The molecule has 2 aromatic carbocycles. The zero-order chi connectivity index (χ0) is 45.2. The van der Waals surface area contributed by atoms with Gasteiger partial charge in [0.25, 0.3) is 0 Å². The maximum Gasteiger partial charge on any atom is 0.407 e. The summed E-state index contributed by atoms with van der Waals surface area (Å²) in [5.74, 6) is 1.95. The van der Waals surface area contributed by atoms with Crippen LogP contribution in [0, 0.1) is 11.8 Å². The number of benzene rings is 2. The van der Waals surface area contributed by atoms with Gasteiger partial charge < -0.3 is 49.5 Å². The minimum absolute atomic E-state index is 0.0202. The molecule has 6 heterocycles. The molecule has 64 heavy (non-hydrogen) atoms. The number of likely N-dealkylation sites (tertiary alicyclic amines) is 2. The summed E-state index contributed by atoms with van der Waals surface area (Å²) >= 11 is 0. The molecule has 3 aliphatic rings. The van der Waals surface area contributed by atoms with E-state index in [1.807, 2.05) is 45.0 Å². The number of aliphatic hydroxyl groups excluding tert-OH is 2. The van der Waals surface area contributed by atoms with Crippen LogP contribution in [0.3, 0.4) is 0 Å². The Bertz CT molecular complexity index is 2400. The first-order valence-corrected chi connectivity index (χ1v) is 23.1. The first kappa shape index (κ1) is 45.3. The molecule has 3 aromatic heterocycles. The topological polar surface area (TPSA) is 206 Å². The number of hydrogen-bond acceptors (Lipinski definition) is 11. The summed E-state index contributed by atoms with van der Waals surface area (Å²) in [5.41, 5.74) is 6.83. The van der Waals surface area contributed by atoms with Gasteiger partial charge in [-0.25, -0.2) is 14.8 Å². The molecule has 6 unspecified atom stereocenters. The number of ether oxygens (including phenoxy) is 2. The number of imidazole rings is 2. The lowest BCUT2D eigenvalue weighted by Gasteiger charge is -2.35. The first-order valence-electron chi connectivity index (χ1n) is 23.1. The second-order valence-corrected chi connectivity index (χ2v) is 18.3. The highest BCUT2D eigenvalue weighted by Gasteiger charge is 2.39. The molecule has 6 atom stereocenters. The molecular formula is C48H65N9O7. The van der Waals surface area contributed by atoms with E-state index in [1.54, 1.807) is 4.90 Å². The molecule has 2 fully saturated rings. The Morgan fingerprint density at radius 1 is 0.875 bits per heavy atom. The van der Waals surface area contributed by atoms with E-state index in [1.165, 1.54) is 13.5 Å². The van der Waals surface area contributed by atoms with Gasteiger partial charge in [0, 0.05) is 41.6 Å². The number of carbonyl (C=O) groups is 2. The molecule has 2 amide bonds. The van der Waals surface area contributed by atoms with Crippen LogP contribution in [0.25, 0.3) is 44.7 Å². The van der Waals surface area contributed by atoms with Crippen molar-refractivity contribution in [2.24, 2.45) is 11.8 Å². The summed E-state index contributed by atoms with van der Waals surface area (Å²) in [7, 11) is 1.33. The Labute approximate surface area is 374 Å².